The molecule has 2 aromatic rings. The highest BCUT2D eigenvalue weighted by Crippen LogP contribution is 2.33. The van der Waals surface area contributed by atoms with E-state index in [1.165, 1.54) is 0 Å². The molecule has 0 bridgehead atoms. The van der Waals surface area contributed by atoms with Crippen molar-refractivity contribution in [2.24, 2.45) is 0 Å². The first-order valence-corrected chi connectivity index (χ1v) is 7.27. The molecule has 0 unspecified atom stereocenters. The van der Waals surface area contributed by atoms with E-state index in [9.17, 15) is 0 Å². The average molecular weight is 332 g/mol. The van der Waals surface area contributed by atoms with Crippen LogP contribution in [0, 0.1) is 0 Å². The normalized spacial score (nSPS) is 10.4. The Hall–Kier alpha value is -1.16. The Labute approximate surface area is 132 Å². The van der Waals surface area contributed by atoms with E-state index >= 15 is 0 Å². The van der Waals surface area contributed by atoms with E-state index in [1.807, 2.05) is 0 Å². The highest BCUT2D eigenvalue weighted by atomic mass is 35.5. The minimum atomic E-state index is 0.303. The first-order valence-electron chi connectivity index (χ1n) is 6.13. The third-order valence-electron chi connectivity index (χ3n) is 2.47. The van der Waals surface area contributed by atoms with E-state index in [2.05, 4.69) is 17.2 Å². The van der Waals surface area contributed by atoms with Crippen molar-refractivity contribution >= 4 is 40.6 Å². The van der Waals surface area contributed by atoms with E-state index in [0.29, 0.717) is 32.5 Å². The van der Waals surface area contributed by atoms with Gasteiger partial charge in [0.25, 0.3) is 0 Å². The largest absolute Gasteiger partial charge is 0.437 e. The lowest BCUT2D eigenvalue weighted by Crippen LogP contribution is -2.03. The number of hydrogen-bond donors (Lipinski definition) is 1. The van der Waals surface area contributed by atoms with E-state index < -0.39 is 0 Å². The lowest BCUT2D eigenvalue weighted by Gasteiger charge is -2.11. The van der Waals surface area contributed by atoms with Crippen LogP contribution in [0.3, 0.4) is 0 Å². The van der Waals surface area contributed by atoms with Crippen molar-refractivity contribution in [3.05, 3.63) is 45.4 Å². The van der Waals surface area contributed by atoms with Crippen LogP contribution in [-0.4, -0.2) is 11.5 Å². The highest BCUT2D eigenvalue weighted by molar-refractivity contribution is 6.36. The van der Waals surface area contributed by atoms with Crippen LogP contribution in [0.5, 0.6) is 11.6 Å². The Morgan fingerprint density at radius 2 is 1.80 bits per heavy atom. The lowest BCUT2D eigenvalue weighted by atomic mass is 10.3. The fourth-order valence-corrected chi connectivity index (χ4v) is 2.09. The summed E-state index contributed by atoms with van der Waals surface area (Å²) in [5.41, 5.74) is 0. The molecule has 3 nitrogen and oxygen atoms in total. The summed E-state index contributed by atoms with van der Waals surface area (Å²) < 4.78 is 5.64. The van der Waals surface area contributed by atoms with Gasteiger partial charge in [0, 0.05) is 11.6 Å². The first-order chi connectivity index (χ1) is 9.60. The van der Waals surface area contributed by atoms with Crippen LogP contribution < -0.4 is 10.1 Å². The monoisotopic (exact) mass is 330 g/mol. The van der Waals surface area contributed by atoms with E-state index in [-0.39, 0.29) is 0 Å². The molecule has 1 heterocycles. The van der Waals surface area contributed by atoms with Gasteiger partial charge in [0.15, 0.2) is 0 Å². The molecule has 0 aliphatic carbocycles. The second-order valence-electron chi connectivity index (χ2n) is 4.09. The van der Waals surface area contributed by atoms with Crippen molar-refractivity contribution in [2.75, 3.05) is 11.9 Å². The molecule has 0 radical (unpaired) electrons. The van der Waals surface area contributed by atoms with Gasteiger partial charge >= 0.3 is 0 Å². The lowest BCUT2D eigenvalue weighted by molar-refractivity contribution is 0.464. The number of nitrogens with zero attached hydrogens (tertiary/aromatic N) is 1. The molecule has 0 spiro atoms. The SMILES string of the molecule is CCCNc1nc(Oc2ccc(Cl)cc2)c(Cl)cc1Cl. The Bertz CT molecular complexity index is 588. The summed E-state index contributed by atoms with van der Waals surface area (Å²) >= 11 is 18.0. The zero-order valence-electron chi connectivity index (χ0n) is 10.8. The Morgan fingerprint density at radius 3 is 2.45 bits per heavy atom. The number of halogens is 3. The van der Waals surface area contributed by atoms with Crippen LogP contribution in [-0.2, 0) is 0 Å². The van der Waals surface area contributed by atoms with Gasteiger partial charge in [-0.1, -0.05) is 41.7 Å². The number of hydrogen-bond acceptors (Lipinski definition) is 3. The van der Waals surface area contributed by atoms with Crippen LogP contribution in [0.15, 0.2) is 30.3 Å². The van der Waals surface area contributed by atoms with Crippen LogP contribution >= 0.6 is 34.8 Å². The van der Waals surface area contributed by atoms with E-state index in [4.69, 9.17) is 39.5 Å². The minimum absolute atomic E-state index is 0.303. The minimum Gasteiger partial charge on any atom is -0.437 e. The maximum atomic E-state index is 6.09. The Morgan fingerprint density at radius 1 is 1.10 bits per heavy atom. The number of anilines is 1. The van der Waals surface area contributed by atoms with Gasteiger partial charge in [0.05, 0.1) is 5.02 Å². The smallest absolute Gasteiger partial charge is 0.240 e. The number of ether oxygens (including phenoxy) is 1. The molecule has 2 rings (SSSR count). The number of aromatic nitrogens is 1. The zero-order valence-corrected chi connectivity index (χ0v) is 13.1. The molecule has 0 aliphatic rings. The summed E-state index contributed by atoms with van der Waals surface area (Å²) in [6, 6.07) is 8.56. The highest BCUT2D eigenvalue weighted by Gasteiger charge is 2.11. The summed E-state index contributed by atoms with van der Waals surface area (Å²) in [5, 5.41) is 4.58. The van der Waals surface area contributed by atoms with Crippen molar-refractivity contribution in [1.29, 1.82) is 0 Å². The van der Waals surface area contributed by atoms with Gasteiger partial charge in [-0.05, 0) is 36.8 Å². The molecule has 20 heavy (non-hydrogen) atoms. The quantitative estimate of drug-likeness (QED) is 0.768. The molecule has 0 atom stereocenters. The van der Waals surface area contributed by atoms with Gasteiger partial charge in [-0.15, -0.1) is 0 Å². The number of rotatable bonds is 5. The van der Waals surface area contributed by atoms with Crippen molar-refractivity contribution < 1.29 is 4.74 Å². The molecule has 106 valence electrons. The maximum absolute atomic E-state index is 6.09. The molecule has 1 aromatic heterocycles. The maximum Gasteiger partial charge on any atom is 0.240 e. The van der Waals surface area contributed by atoms with Crippen molar-refractivity contribution in [3.8, 4) is 11.6 Å². The molecule has 0 amide bonds. The second kappa shape index (κ2) is 7.02. The summed E-state index contributed by atoms with van der Waals surface area (Å²) in [4.78, 5) is 4.30. The first kappa shape index (κ1) is 15.2. The topological polar surface area (TPSA) is 34.2 Å². The number of nitrogens with one attached hydrogen (secondary N) is 1. The molecular formula is C14H13Cl3N2O. The number of benzene rings is 1. The van der Waals surface area contributed by atoms with Gasteiger partial charge in [-0.2, -0.15) is 4.98 Å². The van der Waals surface area contributed by atoms with Crippen molar-refractivity contribution in [1.82, 2.24) is 4.98 Å². The third-order valence-corrected chi connectivity index (χ3v) is 3.28. The van der Waals surface area contributed by atoms with Crippen molar-refractivity contribution in [2.45, 2.75) is 13.3 Å². The van der Waals surface area contributed by atoms with E-state index in [1.54, 1.807) is 30.3 Å². The molecular weight excluding hydrogens is 319 g/mol. The fourth-order valence-electron chi connectivity index (χ4n) is 1.50. The summed E-state index contributed by atoms with van der Waals surface area (Å²) in [6.45, 7) is 2.83. The molecule has 0 aliphatic heterocycles. The van der Waals surface area contributed by atoms with Gasteiger partial charge in [-0.3, -0.25) is 0 Å². The van der Waals surface area contributed by atoms with Crippen LogP contribution in [0.1, 0.15) is 13.3 Å². The molecule has 0 saturated carbocycles. The molecule has 0 fully saturated rings. The predicted octanol–water partition coefficient (Wildman–Crippen LogP) is 5.66. The van der Waals surface area contributed by atoms with Crippen LogP contribution in [0.25, 0.3) is 0 Å². The Kier molecular flexibility index (Phi) is 5.35. The Balaban J connectivity index is 2.24. The predicted molar refractivity (Wildman–Crippen MR) is 84.6 cm³/mol. The van der Waals surface area contributed by atoms with E-state index in [0.717, 1.165) is 13.0 Å². The summed E-state index contributed by atoms with van der Waals surface area (Å²) in [5.74, 6) is 1.46. The summed E-state index contributed by atoms with van der Waals surface area (Å²) in [6.07, 6.45) is 0.966. The zero-order chi connectivity index (χ0) is 14.5. The standard InChI is InChI=1S/C14H13Cl3N2O/c1-2-7-18-13-11(16)8-12(17)14(19-13)20-10-5-3-9(15)4-6-10/h3-6,8H,2,7H2,1H3,(H,18,19). The van der Waals surface area contributed by atoms with Gasteiger partial charge in [0.2, 0.25) is 5.88 Å². The average Bonchev–Trinajstić information content (AvgIpc) is 2.43. The fraction of sp³-hybridized carbons (Fsp3) is 0.214. The second-order valence-corrected chi connectivity index (χ2v) is 5.34. The molecule has 0 saturated heterocycles. The van der Waals surface area contributed by atoms with Crippen LogP contribution in [0.4, 0.5) is 5.82 Å². The molecule has 1 N–H and O–H groups in total. The van der Waals surface area contributed by atoms with Crippen molar-refractivity contribution in [3.63, 3.8) is 0 Å². The third kappa shape index (κ3) is 3.92. The van der Waals surface area contributed by atoms with Gasteiger partial charge in [-0.25, -0.2) is 0 Å². The van der Waals surface area contributed by atoms with Crippen LogP contribution in [0.2, 0.25) is 15.1 Å². The number of pyridine rings is 1. The molecule has 1 aromatic carbocycles. The van der Waals surface area contributed by atoms with Gasteiger partial charge < -0.3 is 10.1 Å². The summed E-state index contributed by atoms with van der Waals surface area (Å²) in [7, 11) is 0. The molecule has 6 heteroatoms. The van der Waals surface area contributed by atoms with Gasteiger partial charge in [0.1, 0.15) is 16.6 Å².